The van der Waals surface area contributed by atoms with E-state index < -0.39 is 5.60 Å². The summed E-state index contributed by atoms with van der Waals surface area (Å²) in [6.07, 6.45) is 3.25. The summed E-state index contributed by atoms with van der Waals surface area (Å²) >= 11 is 0. The molecule has 0 saturated heterocycles. The van der Waals surface area contributed by atoms with E-state index in [0.29, 0.717) is 0 Å². The van der Waals surface area contributed by atoms with E-state index in [1.165, 1.54) is 6.08 Å². The van der Waals surface area contributed by atoms with Crippen LogP contribution in [0.1, 0.15) is 20.8 Å². The Labute approximate surface area is 80.4 Å². The third-order valence-electron chi connectivity index (χ3n) is 1.13. The molecular formula is C10H19NO2. The Hall–Kier alpha value is -0.830. The predicted molar refractivity (Wildman–Crippen MR) is 53.5 cm³/mol. The minimum Gasteiger partial charge on any atom is -0.457 e. The van der Waals surface area contributed by atoms with Crippen LogP contribution < -0.4 is 0 Å². The maximum Gasteiger partial charge on any atom is 0.330 e. The Morgan fingerprint density at radius 3 is 2.31 bits per heavy atom. The lowest BCUT2D eigenvalue weighted by atomic mass is 10.2. The van der Waals surface area contributed by atoms with Crippen molar-refractivity contribution in [3.05, 3.63) is 12.2 Å². The monoisotopic (exact) mass is 185 g/mol. The van der Waals surface area contributed by atoms with Crippen LogP contribution in [-0.2, 0) is 9.53 Å². The van der Waals surface area contributed by atoms with Crippen LogP contribution >= 0.6 is 0 Å². The molecule has 0 heterocycles. The zero-order valence-electron chi connectivity index (χ0n) is 9.13. The van der Waals surface area contributed by atoms with Crippen LogP contribution in [-0.4, -0.2) is 37.1 Å². The summed E-state index contributed by atoms with van der Waals surface area (Å²) in [5, 5.41) is 0. The molecule has 0 aliphatic heterocycles. The first-order valence-electron chi connectivity index (χ1n) is 4.35. The van der Waals surface area contributed by atoms with Crippen molar-refractivity contribution in [3.8, 4) is 0 Å². The molecule has 76 valence electrons. The van der Waals surface area contributed by atoms with Crippen molar-refractivity contribution in [3.63, 3.8) is 0 Å². The number of ether oxygens (including phenoxy) is 1. The van der Waals surface area contributed by atoms with Gasteiger partial charge in [0.25, 0.3) is 0 Å². The normalized spacial score (nSPS) is 12.5. The number of nitrogens with zero attached hydrogens (tertiary/aromatic N) is 1. The lowest BCUT2D eigenvalue weighted by molar-refractivity contribution is -0.148. The number of rotatable bonds is 3. The first-order chi connectivity index (χ1) is 5.81. The van der Waals surface area contributed by atoms with Crippen LogP contribution in [0.5, 0.6) is 0 Å². The first-order valence-corrected chi connectivity index (χ1v) is 4.35. The molecule has 0 spiro atoms. The van der Waals surface area contributed by atoms with E-state index in [9.17, 15) is 4.79 Å². The van der Waals surface area contributed by atoms with Gasteiger partial charge in [-0.2, -0.15) is 0 Å². The lowest BCUT2D eigenvalue weighted by Gasteiger charge is -2.18. The van der Waals surface area contributed by atoms with Crippen molar-refractivity contribution in [2.75, 3.05) is 20.6 Å². The van der Waals surface area contributed by atoms with E-state index in [4.69, 9.17) is 4.74 Å². The number of carbonyl (C=O) groups excluding carboxylic acids is 1. The molecule has 0 bridgehead atoms. The van der Waals surface area contributed by atoms with Crippen molar-refractivity contribution < 1.29 is 9.53 Å². The molecule has 3 nitrogen and oxygen atoms in total. The largest absolute Gasteiger partial charge is 0.457 e. The Morgan fingerprint density at radius 2 is 1.92 bits per heavy atom. The summed E-state index contributed by atoms with van der Waals surface area (Å²) in [4.78, 5) is 13.1. The fourth-order valence-electron chi connectivity index (χ4n) is 0.696. The van der Waals surface area contributed by atoms with Gasteiger partial charge in [0.05, 0.1) is 0 Å². The maximum atomic E-state index is 11.1. The maximum absolute atomic E-state index is 11.1. The zero-order chi connectivity index (χ0) is 10.5. The number of hydrogen-bond donors (Lipinski definition) is 0. The summed E-state index contributed by atoms with van der Waals surface area (Å²) in [5.41, 5.74) is -0.403. The van der Waals surface area contributed by atoms with E-state index in [0.717, 1.165) is 6.54 Å². The Kier molecular flexibility index (Phi) is 4.70. The van der Waals surface area contributed by atoms with Crippen LogP contribution in [0.15, 0.2) is 12.2 Å². The highest BCUT2D eigenvalue weighted by Gasteiger charge is 2.13. The third kappa shape index (κ3) is 9.08. The molecule has 0 aromatic rings. The highest BCUT2D eigenvalue weighted by atomic mass is 16.6. The van der Waals surface area contributed by atoms with Crippen molar-refractivity contribution >= 4 is 5.97 Å². The first kappa shape index (κ1) is 12.2. The second-order valence-electron chi connectivity index (χ2n) is 4.20. The molecule has 0 aliphatic carbocycles. The number of likely N-dealkylation sites (N-methyl/N-ethyl adjacent to an activating group) is 1. The molecule has 0 amide bonds. The summed E-state index contributed by atoms with van der Waals surface area (Å²) in [6, 6.07) is 0. The molecule has 0 rings (SSSR count). The van der Waals surface area contributed by atoms with Gasteiger partial charge >= 0.3 is 5.97 Å². The van der Waals surface area contributed by atoms with Gasteiger partial charge in [-0.3, -0.25) is 0 Å². The number of esters is 1. The minimum absolute atomic E-state index is 0.283. The molecule has 0 saturated carbocycles. The third-order valence-corrected chi connectivity index (χ3v) is 1.13. The Bertz CT molecular complexity index is 190. The van der Waals surface area contributed by atoms with E-state index in [1.54, 1.807) is 6.08 Å². The Balaban J connectivity index is 3.81. The summed E-state index contributed by atoms with van der Waals surface area (Å²) in [5.74, 6) is -0.283. The molecule has 0 unspecified atom stereocenters. The molecule has 3 heteroatoms. The molecule has 0 aromatic carbocycles. The second kappa shape index (κ2) is 5.02. The van der Waals surface area contributed by atoms with Crippen LogP contribution in [0.2, 0.25) is 0 Å². The van der Waals surface area contributed by atoms with Crippen molar-refractivity contribution in [1.29, 1.82) is 0 Å². The van der Waals surface area contributed by atoms with Gasteiger partial charge in [0.1, 0.15) is 5.60 Å². The molecule has 13 heavy (non-hydrogen) atoms. The summed E-state index contributed by atoms with van der Waals surface area (Å²) in [6.45, 7) is 6.30. The van der Waals surface area contributed by atoms with E-state index in [-0.39, 0.29) is 5.97 Å². The molecule has 0 fully saturated rings. The standard InChI is InChI=1S/C10H19NO2/c1-10(2,3)13-9(12)7-6-8-11(4)5/h6-7H,8H2,1-5H3. The number of carbonyl (C=O) groups is 1. The van der Waals surface area contributed by atoms with Gasteiger partial charge in [-0.1, -0.05) is 6.08 Å². The van der Waals surface area contributed by atoms with E-state index in [2.05, 4.69) is 0 Å². The second-order valence-corrected chi connectivity index (χ2v) is 4.20. The van der Waals surface area contributed by atoms with E-state index >= 15 is 0 Å². The average Bonchev–Trinajstić information content (AvgIpc) is 1.81. The Morgan fingerprint density at radius 1 is 1.38 bits per heavy atom. The van der Waals surface area contributed by atoms with Crippen LogP contribution in [0.3, 0.4) is 0 Å². The highest BCUT2D eigenvalue weighted by molar-refractivity contribution is 5.82. The minimum atomic E-state index is -0.403. The molecule has 0 radical (unpaired) electrons. The smallest absolute Gasteiger partial charge is 0.330 e. The van der Waals surface area contributed by atoms with Crippen LogP contribution in [0.25, 0.3) is 0 Å². The molecule has 0 aliphatic rings. The average molecular weight is 185 g/mol. The molecular weight excluding hydrogens is 166 g/mol. The molecule has 0 N–H and O–H groups in total. The van der Waals surface area contributed by atoms with Gasteiger partial charge in [-0.25, -0.2) is 4.79 Å². The summed E-state index contributed by atoms with van der Waals surface area (Å²) in [7, 11) is 3.89. The highest BCUT2D eigenvalue weighted by Crippen LogP contribution is 2.06. The van der Waals surface area contributed by atoms with Gasteiger partial charge < -0.3 is 9.64 Å². The van der Waals surface area contributed by atoms with E-state index in [1.807, 2.05) is 39.8 Å². The van der Waals surface area contributed by atoms with Crippen LogP contribution in [0.4, 0.5) is 0 Å². The van der Waals surface area contributed by atoms with Gasteiger partial charge in [-0.15, -0.1) is 0 Å². The SMILES string of the molecule is CN(C)CC=CC(=O)OC(C)(C)C. The molecule has 0 aromatic heterocycles. The van der Waals surface area contributed by atoms with Gasteiger partial charge in [0, 0.05) is 12.6 Å². The van der Waals surface area contributed by atoms with Gasteiger partial charge in [0.2, 0.25) is 0 Å². The quantitative estimate of drug-likeness (QED) is 0.492. The molecule has 0 atom stereocenters. The lowest BCUT2D eigenvalue weighted by Crippen LogP contribution is -2.22. The van der Waals surface area contributed by atoms with Gasteiger partial charge in [0.15, 0.2) is 0 Å². The van der Waals surface area contributed by atoms with Crippen molar-refractivity contribution in [1.82, 2.24) is 4.90 Å². The predicted octanol–water partition coefficient (Wildman–Crippen LogP) is 1.45. The number of hydrogen-bond acceptors (Lipinski definition) is 3. The van der Waals surface area contributed by atoms with Crippen molar-refractivity contribution in [2.45, 2.75) is 26.4 Å². The van der Waals surface area contributed by atoms with Gasteiger partial charge in [-0.05, 0) is 34.9 Å². The van der Waals surface area contributed by atoms with Crippen LogP contribution in [0, 0.1) is 0 Å². The fourth-order valence-corrected chi connectivity index (χ4v) is 0.696. The topological polar surface area (TPSA) is 29.5 Å². The van der Waals surface area contributed by atoms with Crippen molar-refractivity contribution in [2.24, 2.45) is 0 Å². The summed E-state index contributed by atoms with van der Waals surface area (Å²) < 4.78 is 5.08. The fraction of sp³-hybridized carbons (Fsp3) is 0.700. The zero-order valence-corrected chi connectivity index (χ0v) is 9.13.